The second-order valence-electron chi connectivity index (χ2n) is 1.96. The summed E-state index contributed by atoms with van der Waals surface area (Å²) in [4.78, 5) is 9.58. The number of nitrogens with two attached hydrogens (primary N) is 1. The molecule has 0 saturated heterocycles. The highest BCUT2D eigenvalue weighted by Gasteiger charge is 2.11. The SMILES string of the molecule is CN=C1NCN=C(N)N1C. The second kappa shape index (κ2) is 2.55. The highest BCUT2D eigenvalue weighted by Crippen LogP contribution is 1.89. The van der Waals surface area contributed by atoms with Crippen LogP contribution in [0.5, 0.6) is 0 Å². The van der Waals surface area contributed by atoms with Gasteiger partial charge < -0.3 is 11.1 Å². The molecule has 0 aromatic heterocycles. The average Bonchev–Trinajstić information content (AvgIpc) is 1.95. The van der Waals surface area contributed by atoms with E-state index in [0.29, 0.717) is 12.6 Å². The molecule has 5 nitrogen and oxygen atoms in total. The Hall–Kier alpha value is -1.26. The Morgan fingerprint density at radius 3 is 3.00 bits per heavy atom. The molecule has 0 atom stereocenters. The first-order valence-corrected chi connectivity index (χ1v) is 3.00. The summed E-state index contributed by atoms with van der Waals surface area (Å²) in [5, 5.41) is 2.96. The molecule has 1 aliphatic rings. The van der Waals surface area contributed by atoms with Gasteiger partial charge in [-0.15, -0.1) is 0 Å². The molecular formula is C5H11N5. The van der Waals surface area contributed by atoms with Crippen LogP contribution >= 0.6 is 0 Å². The fourth-order valence-corrected chi connectivity index (χ4v) is 0.753. The number of aliphatic imine (C=N–C) groups is 2. The number of guanidine groups is 2. The minimum absolute atomic E-state index is 0.499. The van der Waals surface area contributed by atoms with Gasteiger partial charge in [0.05, 0.1) is 0 Å². The van der Waals surface area contributed by atoms with Crippen molar-refractivity contribution >= 4 is 11.9 Å². The van der Waals surface area contributed by atoms with Gasteiger partial charge in [-0.25, -0.2) is 4.99 Å². The molecule has 1 heterocycles. The summed E-state index contributed by atoms with van der Waals surface area (Å²) in [6, 6.07) is 0. The summed E-state index contributed by atoms with van der Waals surface area (Å²) in [5.74, 6) is 1.26. The zero-order valence-corrected chi connectivity index (χ0v) is 6.13. The van der Waals surface area contributed by atoms with Gasteiger partial charge in [-0.3, -0.25) is 9.89 Å². The molecule has 56 valence electrons. The highest BCUT2D eigenvalue weighted by molar-refractivity contribution is 5.99. The van der Waals surface area contributed by atoms with Crippen molar-refractivity contribution in [3.63, 3.8) is 0 Å². The van der Waals surface area contributed by atoms with Crippen LogP contribution in [0.15, 0.2) is 9.98 Å². The van der Waals surface area contributed by atoms with Gasteiger partial charge in [-0.05, 0) is 0 Å². The van der Waals surface area contributed by atoms with Crippen molar-refractivity contribution < 1.29 is 0 Å². The zero-order chi connectivity index (χ0) is 7.56. The van der Waals surface area contributed by atoms with Crippen LogP contribution in [-0.2, 0) is 0 Å². The van der Waals surface area contributed by atoms with Crippen LogP contribution in [0.3, 0.4) is 0 Å². The highest BCUT2D eigenvalue weighted by atomic mass is 15.4. The van der Waals surface area contributed by atoms with E-state index >= 15 is 0 Å². The Bertz CT molecular complexity index is 182. The molecule has 0 bridgehead atoms. The Balaban J connectivity index is 2.78. The van der Waals surface area contributed by atoms with E-state index in [2.05, 4.69) is 15.3 Å². The molecule has 1 aliphatic heterocycles. The molecule has 0 radical (unpaired) electrons. The van der Waals surface area contributed by atoms with E-state index in [1.54, 1.807) is 11.9 Å². The molecule has 1 rings (SSSR count). The lowest BCUT2D eigenvalue weighted by atomic mass is 10.6. The largest absolute Gasteiger partial charge is 0.369 e. The zero-order valence-electron chi connectivity index (χ0n) is 6.13. The molecule has 0 aromatic carbocycles. The number of hydrogen-bond donors (Lipinski definition) is 2. The Morgan fingerprint density at radius 2 is 2.50 bits per heavy atom. The summed E-state index contributed by atoms with van der Waals surface area (Å²) in [7, 11) is 3.52. The molecule has 0 aromatic rings. The molecule has 10 heavy (non-hydrogen) atoms. The van der Waals surface area contributed by atoms with E-state index in [1.165, 1.54) is 0 Å². The maximum atomic E-state index is 5.50. The lowest BCUT2D eigenvalue weighted by Crippen LogP contribution is -2.50. The maximum Gasteiger partial charge on any atom is 0.201 e. The van der Waals surface area contributed by atoms with Crippen LogP contribution in [0.25, 0.3) is 0 Å². The van der Waals surface area contributed by atoms with Crippen molar-refractivity contribution in [1.82, 2.24) is 10.2 Å². The first-order chi connectivity index (χ1) is 4.75. The van der Waals surface area contributed by atoms with Crippen molar-refractivity contribution in [2.75, 3.05) is 20.8 Å². The summed E-state index contributed by atoms with van der Waals surface area (Å²) >= 11 is 0. The van der Waals surface area contributed by atoms with Crippen molar-refractivity contribution in [3.05, 3.63) is 0 Å². The Labute approximate surface area is 59.6 Å². The molecule has 0 aliphatic carbocycles. The van der Waals surface area contributed by atoms with Gasteiger partial charge in [0.25, 0.3) is 0 Å². The van der Waals surface area contributed by atoms with Crippen molar-refractivity contribution in [1.29, 1.82) is 0 Å². The van der Waals surface area contributed by atoms with E-state index in [0.717, 1.165) is 5.96 Å². The van der Waals surface area contributed by atoms with Gasteiger partial charge in [0.1, 0.15) is 6.67 Å². The number of nitrogens with zero attached hydrogens (tertiary/aromatic N) is 3. The lowest BCUT2D eigenvalue weighted by molar-refractivity contribution is 0.644. The summed E-state index contributed by atoms with van der Waals surface area (Å²) < 4.78 is 0. The van der Waals surface area contributed by atoms with Gasteiger partial charge in [-0.1, -0.05) is 0 Å². The molecule has 0 amide bonds. The monoisotopic (exact) mass is 141 g/mol. The van der Waals surface area contributed by atoms with Crippen molar-refractivity contribution in [2.24, 2.45) is 15.7 Å². The van der Waals surface area contributed by atoms with Crippen LogP contribution in [0, 0.1) is 0 Å². The maximum absolute atomic E-state index is 5.50. The predicted molar refractivity (Wildman–Crippen MR) is 40.7 cm³/mol. The standard InChI is InChI=1S/C5H11N5/c1-7-5-9-3-8-4(6)10(5)2/h3H2,1-2H3,(H2,6,8)(H,7,9). The summed E-state index contributed by atoms with van der Waals surface area (Å²) in [5.41, 5.74) is 5.50. The van der Waals surface area contributed by atoms with E-state index in [9.17, 15) is 0 Å². The van der Waals surface area contributed by atoms with Crippen LogP contribution in [0.1, 0.15) is 0 Å². The molecule has 5 heteroatoms. The average molecular weight is 141 g/mol. The fraction of sp³-hybridized carbons (Fsp3) is 0.600. The van der Waals surface area contributed by atoms with E-state index < -0.39 is 0 Å². The summed E-state index contributed by atoms with van der Waals surface area (Å²) in [6.07, 6.45) is 0. The molecule has 3 N–H and O–H groups in total. The van der Waals surface area contributed by atoms with Crippen molar-refractivity contribution in [3.8, 4) is 0 Å². The number of hydrogen-bond acceptors (Lipinski definition) is 3. The van der Waals surface area contributed by atoms with Crippen LogP contribution in [0.2, 0.25) is 0 Å². The normalized spacial score (nSPS) is 22.4. The third kappa shape index (κ3) is 1.02. The van der Waals surface area contributed by atoms with E-state index in [1.807, 2.05) is 7.05 Å². The molecule has 0 fully saturated rings. The molecule has 0 spiro atoms. The lowest BCUT2D eigenvalue weighted by Gasteiger charge is -2.24. The molecule has 0 unspecified atom stereocenters. The van der Waals surface area contributed by atoms with Gasteiger partial charge in [-0.2, -0.15) is 0 Å². The Kier molecular flexibility index (Phi) is 1.75. The Morgan fingerprint density at radius 1 is 1.80 bits per heavy atom. The first-order valence-electron chi connectivity index (χ1n) is 3.00. The summed E-state index contributed by atoms with van der Waals surface area (Å²) in [6.45, 7) is 0.517. The minimum Gasteiger partial charge on any atom is -0.369 e. The van der Waals surface area contributed by atoms with Crippen molar-refractivity contribution in [2.45, 2.75) is 0 Å². The quantitative estimate of drug-likeness (QED) is 0.444. The predicted octanol–water partition coefficient (Wildman–Crippen LogP) is -1.22. The second-order valence-corrected chi connectivity index (χ2v) is 1.96. The number of nitrogens with one attached hydrogen (secondary N) is 1. The van der Waals surface area contributed by atoms with Crippen LogP contribution in [0.4, 0.5) is 0 Å². The topological polar surface area (TPSA) is 66.0 Å². The van der Waals surface area contributed by atoms with Gasteiger partial charge in [0.15, 0.2) is 5.96 Å². The molecule has 0 saturated carbocycles. The minimum atomic E-state index is 0.499. The third-order valence-electron chi connectivity index (χ3n) is 1.35. The van der Waals surface area contributed by atoms with Crippen LogP contribution < -0.4 is 11.1 Å². The van der Waals surface area contributed by atoms with E-state index in [4.69, 9.17) is 5.73 Å². The van der Waals surface area contributed by atoms with Gasteiger partial charge >= 0.3 is 0 Å². The van der Waals surface area contributed by atoms with E-state index in [-0.39, 0.29) is 0 Å². The third-order valence-corrected chi connectivity index (χ3v) is 1.35. The smallest absolute Gasteiger partial charge is 0.201 e. The fourth-order valence-electron chi connectivity index (χ4n) is 0.753. The van der Waals surface area contributed by atoms with Crippen LogP contribution in [-0.4, -0.2) is 37.6 Å². The van der Waals surface area contributed by atoms with Gasteiger partial charge in [0, 0.05) is 14.1 Å². The number of rotatable bonds is 0. The first kappa shape index (κ1) is 6.85. The van der Waals surface area contributed by atoms with Gasteiger partial charge in [0.2, 0.25) is 5.96 Å². The molecular weight excluding hydrogens is 130 g/mol.